The molecule has 4 rings (SSSR count). The van der Waals surface area contributed by atoms with Gasteiger partial charge in [0.05, 0.1) is 12.7 Å². The summed E-state index contributed by atoms with van der Waals surface area (Å²) in [4.78, 5) is 12.9. The van der Waals surface area contributed by atoms with Crippen LogP contribution >= 0.6 is 0 Å². The van der Waals surface area contributed by atoms with E-state index in [2.05, 4.69) is 6.92 Å². The lowest BCUT2D eigenvalue weighted by Gasteiger charge is -2.14. The van der Waals surface area contributed by atoms with Gasteiger partial charge >= 0.3 is 0 Å². The van der Waals surface area contributed by atoms with Crippen LogP contribution in [0.4, 0.5) is 0 Å². The zero-order valence-electron chi connectivity index (χ0n) is 14.2. The molecule has 2 aromatic rings. The van der Waals surface area contributed by atoms with Crippen molar-refractivity contribution < 1.29 is 14.3 Å². The monoisotopic (exact) mass is 322 g/mol. The molecule has 0 aromatic heterocycles. The third kappa shape index (κ3) is 2.58. The average Bonchev–Trinajstić information content (AvgIpc) is 3.27. The summed E-state index contributed by atoms with van der Waals surface area (Å²) in [5.41, 5.74) is 1.99. The minimum atomic E-state index is 0.137. The van der Waals surface area contributed by atoms with Gasteiger partial charge in [-0.3, -0.25) is 4.79 Å². The van der Waals surface area contributed by atoms with Crippen LogP contribution in [0.3, 0.4) is 0 Å². The Morgan fingerprint density at radius 3 is 2.83 bits per heavy atom. The fraction of sp³-hybridized carbons (Fsp3) is 0.381. The second-order valence-corrected chi connectivity index (χ2v) is 7.20. The molecular weight excluding hydrogens is 300 g/mol. The maximum Gasteiger partial charge on any atom is 0.170 e. The van der Waals surface area contributed by atoms with E-state index in [1.54, 1.807) is 7.11 Å². The molecule has 2 atom stereocenters. The van der Waals surface area contributed by atoms with Crippen molar-refractivity contribution in [3.63, 3.8) is 0 Å². The van der Waals surface area contributed by atoms with Gasteiger partial charge in [-0.05, 0) is 67.0 Å². The predicted molar refractivity (Wildman–Crippen MR) is 93.0 cm³/mol. The fourth-order valence-corrected chi connectivity index (χ4v) is 3.82. The molecule has 1 saturated carbocycles. The van der Waals surface area contributed by atoms with Crippen LogP contribution in [0.25, 0.3) is 0 Å². The zero-order valence-corrected chi connectivity index (χ0v) is 14.2. The van der Waals surface area contributed by atoms with Crippen molar-refractivity contribution in [2.24, 2.45) is 11.3 Å². The first kappa shape index (κ1) is 15.3. The van der Waals surface area contributed by atoms with Crippen LogP contribution in [-0.2, 0) is 6.42 Å². The van der Waals surface area contributed by atoms with Crippen LogP contribution in [-0.4, -0.2) is 12.9 Å². The first-order chi connectivity index (χ1) is 11.6. The topological polar surface area (TPSA) is 35.5 Å². The summed E-state index contributed by atoms with van der Waals surface area (Å²) in [6.07, 6.45) is 4.05. The molecule has 0 bridgehead atoms. The number of methoxy groups -OCH3 is 1. The Morgan fingerprint density at radius 1 is 1.17 bits per heavy atom. The standard InChI is InChI=1S/C21H22O3/c1-21-11-5-6-14-12-15(23-2)9-10-18(14)24-19-8-4-3-7-16(19)20(22)17(21)13-21/h3-4,7-10,12,17H,5-6,11,13H2,1-2H3/t17-,21-/m1/s1. The van der Waals surface area contributed by atoms with Crippen LogP contribution in [0.15, 0.2) is 42.5 Å². The normalized spacial score (nSPS) is 25.4. The number of Topliss-reactive ketones (excluding diaryl/α,β-unsaturated/α-hetero) is 1. The average molecular weight is 322 g/mol. The number of ether oxygens (including phenoxy) is 2. The lowest BCUT2D eigenvalue weighted by Crippen LogP contribution is -2.09. The van der Waals surface area contributed by atoms with E-state index in [0.29, 0.717) is 11.3 Å². The van der Waals surface area contributed by atoms with Crippen LogP contribution in [0.2, 0.25) is 0 Å². The van der Waals surface area contributed by atoms with Crippen molar-refractivity contribution in [1.29, 1.82) is 0 Å². The van der Waals surface area contributed by atoms with E-state index in [1.807, 2.05) is 42.5 Å². The molecule has 0 N–H and O–H groups in total. The molecule has 0 amide bonds. The van der Waals surface area contributed by atoms with Gasteiger partial charge in [-0.1, -0.05) is 19.1 Å². The summed E-state index contributed by atoms with van der Waals surface area (Å²) in [6.45, 7) is 2.24. The Balaban J connectivity index is 1.79. The van der Waals surface area contributed by atoms with E-state index < -0.39 is 0 Å². The van der Waals surface area contributed by atoms with E-state index in [-0.39, 0.29) is 17.1 Å². The third-order valence-electron chi connectivity index (χ3n) is 5.50. The minimum absolute atomic E-state index is 0.137. The predicted octanol–water partition coefficient (Wildman–Crippen LogP) is 5.03. The molecule has 124 valence electrons. The van der Waals surface area contributed by atoms with Crippen molar-refractivity contribution in [3.05, 3.63) is 53.6 Å². The molecule has 1 heterocycles. The van der Waals surface area contributed by atoms with Gasteiger partial charge in [0, 0.05) is 5.92 Å². The van der Waals surface area contributed by atoms with Crippen molar-refractivity contribution in [1.82, 2.24) is 0 Å². The molecule has 2 aliphatic rings. The molecular formula is C21H22O3. The second-order valence-electron chi connectivity index (χ2n) is 7.20. The Kier molecular flexibility index (Phi) is 3.60. The van der Waals surface area contributed by atoms with Crippen LogP contribution in [0, 0.1) is 11.3 Å². The Labute approximate surface area is 142 Å². The number of benzene rings is 2. The zero-order chi connectivity index (χ0) is 16.7. The minimum Gasteiger partial charge on any atom is -0.497 e. The number of para-hydroxylation sites is 1. The Morgan fingerprint density at radius 2 is 2.00 bits per heavy atom. The number of carbonyl (C=O) groups excluding carboxylic acids is 1. The van der Waals surface area contributed by atoms with Gasteiger partial charge in [-0.25, -0.2) is 0 Å². The summed E-state index contributed by atoms with van der Waals surface area (Å²) >= 11 is 0. The van der Waals surface area contributed by atoms with E-state index in [1.165, 1.54) is 0 Å². The highest BCUT2D eigenvalue weighted by molar-refractivity contribution is 6.02. The summed E-state index contributed by atoms with van der Waals surface area (Å²) in [5.74, 6) is 2.68. The molecule has 0 radical (unpaired) electrons. The lowest BCUT2D eigenvalue weighted by atomic mass is 9.93. The highest BCUT2D eigenvalue weighted by atomic mass is 16.5. The van der Waals surface area contributed by atoms with Gasteiger partial charge in [-0.2, -0.15) is 0 Å². The number of aryl methyl sites for hydroxylation is 1. The molecule has 3 heteroatoms. The van der Waals surface area contributed by atoms with Gasteiger partial charge in [0.25, 0.3) is 0 Å². The van der Waals surface area contributed by atoms with E-state index >= 15 is 0 Å². The van der Waals surface area contributed by atoms with Crippen molar-refractivity contribution in [2.75, 3.05) is 7.11 Å². The van der Waals surface area contributed by atoms with Crippen LogP contribution < -0.4 is 9.47 Å². The largest absolute Gasteiger partial charge is 0.497 e. The highest BCUT2D eigenvalue weighted by Crippen LogP contribution is 2.57. The summed E-state index contributed by atoms with van der Waals surface area (Å²) in [5, 5.41) is 0. The molecule has 2 aromatic carbocycles. The third-order valence-corrected chi connectivity index (χ3v) is 5.50. The number of ketones is 1. The van der Waals surface area contributed by atoms with Gasteiger partial charge in [0.2, 0.25) is 0 Å². The van der Waals surface area contributed by atoms with E-state index in [9.17, 15) is 4.79 Å². The molecule has 0 spiro atoms. The second kappa shape index (κ2) is 5.66. The number of fused-ring (bicyclic) bond motifs is 3. The molecule has 3 nitrogen and oxygen atoms in total. The van der Waals surface area contributed by atoms with Gasteiger partial charge in [0.1, 0.15) is 17.2 Å². The maximum absolute atomic E-state index is 12.9. The summed E-state index contributed by atoms with van der Waals surface area (Å²) < 4.78 is 11.5. The fourth-order valence-electron chi connectivity index (χ4n) is 3.82. The maximum atomic E-state index is 12.9. The van der Waals surface area contributed by atoms with Gasteiger partial charge < -0.3 is 9.47 Å². The Bertz CT molecular complexity index is 795. The number of hydrogen-bond acceptors (Lipinski definition) is 3. The smallest absolute Gasteiger partial charge is 0.170 e. The van der Waals surface area contributed by atoms with Gasteiger partial charge in [0.15, 0.2) is 5.78 Å². The van der Waals surface area contributed by atoms with Crippen molar-refractivity contribution in [2.45, 2.75) is 32.6 Å². The SMILES string of the molecule is COc1ccc2c(c1)CCC[C@]1(C)C[C@@H]1C(=O)c1ccccc1O2. The molecule has 24 heavy (non-hydrogen) atoms. The quantitative estimate of drug-likeness (QED) is 0.738. The van der Waals surface area contributed by atoms with Crippen LogP contribution in [0.1, 0.15) is 42.1 Å². The molecule has 0 unspecified atom stereocenters. The molecule has 1 aliphatic heterocycles. The van der Waals surface area contributed by atoms with Gasteiger partial charge in [-0.15, -0.1) is 0 Å². The number of rotatable bonds is 1. The number of carbonyl (C=O) groups is 1. The summed E-state index contributed by atoms with van der Waals surface area (Å²) in [7, 11) is 1.68. The van der Waals surface area contributed by atoms with E-state index in [0.717, 1.165) is 42.7 Å². The lowest BCUT2D eigenvalue weighted by molar-refractivity contribution is 0.0947. The summed E-state index contributed by atoms with van der Waals surface area (Å²) in [6, 6.07) is 13.5. The molecule has 0 saturated heterocycles. The van der Waals surface area contributed by atoms with Crippen LogP contribution in [0.5, 0.6) is 17.2 Å². The first-order valence-corrected chi connectivity index (χ1v) is 8.59. The Hall–Kier alpha value is -2.29. The molecule has 1 aliphatic carbocycles. The highest BCUT2D eigenvalue weighted by Gasteiger charge is 2.54. The first-order valence-electron chi connectivity index (χ1n) is 8.59. The van der Waals surface area contributed by atoms with Crippen molar-refractivity contribution in [3.8, 4) is 17.2 Å². The molecule has 1 fully saturated rings. The number of hydrogen-bond donors (Lipinski definition) is 0. The van der Waals surface area contributed by atoms with E-state index in [4.69, 9.17) is 9.47 Å². The van der Waals surface area contributed by atoms with Crippen molar-refractivity contribution >= 4 is 5.78 Å².